The Morgan fingerprint density at radius 3 is 2.46 bits per heavy atom. The Labute approximate surface area is 166 Å². The first-order valence-corrected chi connectivity index (χ1v) is 9.73. The number of benzene rings is 1. The highest BCUT2D eigenvalue weighted by Crippen LogP contribution is 2.27. The molecule has 0 unspecified atom stereocenters. The van der Waals surface area contributed by atoms with Crippen molar-refractivity contribution in [3.05, 3.63) is 29.8 Å². The minimum atomic E-state index is -0.665. The predicted octanol–water partition coefficient (Wildman–Crippen LogP) is 0.0326. The van der Waals surface area contributed by atoms with Crippen molar-refractivity contribution in [3.8, 4) is 0 Å². The van der Waals surface area contributed by atoms with Crippen LogP contribution in [0.2, 0.25) is 0 Å². The van der Waals surface area contributed by atoms with E-state index in [2.05, 4.69) is 26.2 Å². The van der Waals surface area contributed by atoms with E-state index in [1.807, 2.05) is 36.9 Å². The molecular weight excluding hydrogens is 356 g/mol. The summed E-state index contributed by atoms with van der Waals surface area (Å²) in [6.07, 6.45) is 0.897. The fourth-order valence-corrected chi connectivity index (χ4v) is 3.81. The normalized spacial score (nSPS) is 18.2. The smallest absolute Gasteiger partial charge is 0.246 e. The zero-order chi connectivity index (χ0) is 20.3. The largest absolute Gasteiger partial charge is 0.368 e. The van der Waals surface area contributed by atoms with Crippen molar-refractivity contribution in [1.29, 1.82) is 0 Å². The molecule has 8 heteroatoms. The second-order valence-electron chi connectivity index (χ2n) is 7.72. The Morgan fingerprint density at radius 1 is 1.14 bits per heavy atom. The van der Waals surface area contributed by atoms with Crippen molar-refractivity contribution in [2.45, 2.75) is 25.8 Å². The SMILES string of the molecule is CN=C(NCC(=O)N1CCc2ccccc21)N1CCN(C(C)(C)C(N)=O)CC1. The average Bonchev–Trinajstić information content (AvgIpc) is 3.13. The van der Waals surface area contributed by atoms with Gasteiger partial charge in [-0.05, 0) is 31.9 Å². The van der Waals surface area contributed by atoms with Crippen LogP contribution < -0.4 is 16.0 Å². The van der Waals surface area contributed by atoms with Crippen LogP contribution in [0.5, 0.6) is 0 Å². The third-order valence-electron chi connectivity index (χ3n) is 5.77. The number of nitrogens with two attached hydrogens (primary N) is 1. The molecule has 1 aromatic carbocycles. The molecule has 28 heavy (non-hydrogen) atoms. The number of primary amides is 1. The van der Waals surface area contributed by atoms with E-state index >= 15 is 0 Å². The maximum absolute atomic E-state index is 12.7. The molecule has 0 radical (unpaired) electrons. The molecule has 2 aliphatic rings. The molecule has 2 aliphatic heterocycles. The fraction of sp³-hybridized carbons (Fsp3) is 0.550. The van der Waals surface area contributed by atoms with Crippen LogP contribution >= 0.6 is 0 Å². The number of carbonyl (C=O) groups is 2. The van der Waals surface area contributed by atoms with Crippen molar-refractivity contribution < 1.29 is 9.59 Å². The molecule has 2 amide bonds. The average molecular weight is 387 g/mol. The van der Waals surface area contributed by atoms with Crippen molar-refractivity contribution in [2.24, 2.45) is 10.7 Å². The van der Waals surface area contributed by atoms with E-state index in [1.54, 1.807) is 7.05 Å². The summed E-state index contributed by atoms with van der Waals surface area (Å²) in [5.41, 5.74) is 7.08. The lowest BCUT2D eigenvalue weighted by Crippen LogP contribution is -2.61. The van der Waals surface area contributed by atoms with E-state index in [1.165, 1.54) is 5.56 Å². The maximum atomic E-state index is 12.7. The van der Waals surface area contributed by atoms with E-state index in [0.717, 1.165) is 31.7 Å². The van der Waals surface area contributed by atoms with Gasteiger partial charge in [-0.2, -0.15) is 0 Å². The highest BCUT2D eigenvalue weighted by atomic mass is 16.2. The fourth-order valence-electron chi connectivity index (χ4n) is 3.81. The van der Waals surface area contributed by atoms with Gasteiger partial charge in [-0.1, -0.05) is 18.2 Å². The lowest BCUT2D eigenvalue weighted by atomic mass is 10.0. The van der Waals surface area contributed by atoms with Crippen LogP contribution in [0.3, 0.4) is 0 Å². The summed E-state index contributed by atoms with van der Waals surface area (Å²) in [7, 11) is 1.72. The van der Waals surface area contributed by atoms with Crippen LogP contribution in [0.1, 0.15) is 19.4 Å². The number of hydrogen-bond donors (Lipinski definition) is 2. The van der Waals surface area contributed by atoms with Gasteiger partial charge in [-0.15, -0.1) is 0 Å². The number of aliphatic imine (C=N–C) groups is 1. The monoisotopic (exact) mass is 386 g/mol. The molecule has 0 saturated carbocycles. The number of para-hydroxylation sites is 1. The highest BCUT2D eigenvalue weighted by Gasteiger charge is 2.35. The minimum Gasteiger partial charge on any atom is -0.368 e. The topological polar surface area (TPSA) is 94.3 Å². The van der Waals surface area contributed by atoms with E-state index < -0.39 is 5.54 Å². The summed E-state index contributed by atoms with van der Waals surface area (Å²) in [6.45, 7) is 7.49. The standard InChI is InChI=1S/C20H30N6O2/c1-20(2,18(21)28)25-12-10-24(11-13-25)19(22-3)23-14-17(27)26-9-8-15-6-4-5-7-16(15)26/h4-7H,8-14H2,1-3H3,(H2,21,28)(H,22,23). The summed E-state index contributed by atoms with van der Waals surface area (Å²) in [5, 5.41) is 3.20. The van der Waals surface area contributed by atoms with Crippen molar-refractivity contribution in [1.82, 2.24) is 15.1 Å². The van der Waals surface area contributed by atoms with Crippen LogP contribution in [-0.4, -0.2) is 79.4 Å². The molecule has 3 rings (SSSR count). The number of piperazine rings is 1. The summed E-state index contributed by atoms with van der Waals surface area (Å²) < 4.78 is 0. The molecule has 152 valence electrons. The van der Waals surface area contributed by atoms with E-state index in [4.69, 9.17) is 5.73 Å². The minimum absolute atomic E-state index is 0.0413. The Morgan fingerprint density at radius 2 is 1.82 bits per heavy atom. The van der Waals surface area contributed by atoms with E-state index in [-0.39, 0.29) is 18.4 Å². The summed E-state index contributed by atoms with van der Waals surface area (Å²) in [6, 6.07) is 8.03. The van der Waals surface area contributed by atoms with Crippen molar-refractivity contribution in [2.75, 3.05) is 51.2 Å². The van der Waals surface area contributed by atoms with E-state index in [9.17, 15) is 9.59 Å². The Balaban J connectivity index is 1.53. The van der Waals surface area contributed by atoms with Gasteiger partial charge in [-0.25, -0.2) is 0 Å². The molecule has 8 nitrogen and oxygen atoms in total. The number of nitrogens with one attached hydrogen (secondary N) is 1. The third kappa shape index (κ3) is 3.96. The van der Waals surface area contributed by atoms with Crippen LogP contribution in [0, 0.1) is 0 Å². The molecule has 2 heterocycles. The van der Waals surface area contributed by atoms with Crippen LogP contribution in [0.15, 0.2) is 29.3 Å². The number of fused-ring (bicyclic) bond motifs is 1. The molecule has 1 aromatic rings. The quantitative estimate of drug-likeness (QED) is 0.563. The van der Waals surface area contributed by atoms with E-state index in [0.29, 0.717) is 19.0 Å². The molecule has 0 aromatic heterocycles. The Bertz CT molecular complexity index is 768. The van der Waals surface area contributed by atoms with Gasteiger partial charge in [0, 0.05) is 45.5 Å². The number of hydrogen-bond acceptors (Lipinski definition) is 4. The lowest BCUT2D eigenvalue weighted by molar-refractivity contribution is -0.129. The third-order valence-corrected chi connectivity index (χ3v) is 5.77. The summed E-state index contributed by atoms with van der Waals surface area (Å²) in [5.74, 6) is 0.428. The molecule has 0 bridgehead atoms. The predicted molar refractivity (Wildman–Crippen MR) is 110 cm³/mol. The van der Waals surface area contributed by atoms with Crippen molar-refractivity contribution in [3.63, 3.8) is 0 Å². The molecule has 0 aliphatic carbocycles. The second-order valence-corrected chi connectivity index (χ2v) is 7.72. The second kappa shape index (κ2) is 8.18. The number of amides is 2. The van der Waals surface area contributed by atoms with Crippen molar-refractivity contribution >= 4 is 23.5 Å². The number of guanidine groups is 1. The van der Waals surface area contributed by atoms with Gasteiger partial charge >= 0.3 is 0 Å². The summed E-state index contributed by atoms with van der Waals surface area (Å²) in [4.78, 5) is 34.7. The molecular formula is C20H30N6O2. The Hall–Kier alpha value is -2.61. The first-order chi connectivity index (χ1) is 13.3. The number of anilines is 1. The summed E-state index contributed by atoms with van der Waals surface area (Å²) >= 11 is 0. The highest BCUT2D eigenvalue weighted by molar-refractivity contribution is 5.98. The number of nitrogens with zero attached hydrogens (tertiary/aromatic N) is 4. The van der Waals surface area contributed by atoms with Gasteiger partial charge in [0.05, 0.1) is 12.1 Å². The van der Waals surface area contributed by atoms with Crippen LogP contribution in [0.25, 0.3) is 0 Å². The van der Waals surface area contributed by atoms with Crippen LogP contribution in [-0.2, 0) is 16.0 Å². The zero-order valence-electron chi connectivity index (χ0n) is 16.9. The molecule has 0 spiro atoms. The molecule has 0 atom stereocenters. The number of rotatable bonds is 4. The van der Waals surface area contributed by atoms with Gasteiger partial charge in [0.1, 0.15) is 0 Å². The van der Waals surface area contributed by atoms with Crippen LogP contribution in [0.4, 0.5) is 5.69 Å². The van der Waals surface area contributed by atoms with Gasteiger partial charge in [0.25, 0.3) is 0 Å². The number of carbonyl (C=O) groups excluding carboxylic acids is 2. The zero-order valence-corrected chi connectivity index (χ0v) is 16.9. The lowest BCUT2D eigenvalue weighted by Gasteiger charge is -2.43. The first-order valence-electron chi connectivity index (χ1n) is 9.73. The molecule has 1 saturated heterocycles. The maximum Gasteiger partial charge on any atom is 0.246 e. The Kier molecular flexibility index (Phi) is 5.88. The van der Waals surface area contributed by atoms with Gasteiger partial charge in [0.15, 0.2) is 5.96 Å². The van der Waals surface area contributed by atoms with Gasteiger partial charge in [0.2, 0.25) is 11.8 Å². The molecule has 3 N–H and O–H groups in total. The first kappa shape index (κ1) is 20.1. The van der Waals surface area contributed by atoms with Gasteiger partial charge in [-0.3, -0.25) is 19.5 Å². The van der Waals surface area contributed by atoms with Gasteiger partial charge < -0.3 is 20.9 Å². The molecule has 1 fully saturated rings.